The van der Waals surface area contributed by atoms with E-state index >= 15 is 0 Å². The van der Waals surface area contributed by atoms with Crippen LogP contribution in [-0.4, -0.2) is 11.1 Å². The van der Waals surface area contributed by atoms with E-state index in [2.05, 4.69) is 4.99 Å². The van der Waals surface area contributed by atoms with Crippen molar-refractivity contribution in [3.05, 3.63) is 22.0 Å². The highest BCUT2D eigenvalue weighted by molar-refractivity contribution is 5.60. The molecule has 0 saturated heterocycles. The van der Waals surface area contributed by atoms with Crippen molar-refractivity contribution in [1.82, 2.24) is 0 Å². The summed E-state index contributed by atoms with van der Waals surface area (Å²) < 4.78 is 0. The Hall–Kier alpha value is -1.19. The van der Waals surface area contributed by atoms with E-state index in [0.29, 0.717) is 6.42 Å². The summed E-state index contributed by atoms with van der Waals surface area (Å²) in [7, 11) is 0. The number of nitro groups is 1. The third-order valence-corrected chi connectivity index (χ3v) is 1.49. The van der Waals surface area contributed by atoms with Crippen molar-refractivity contribution < 1.29 is 4.92 Å². The molecule has 0 aromatic carbocycles. The number of hydrogen-bond donors (Lipinski definition) is 0. The molecule has 1 aliphatic heterocycles. The van der Waals surface area contributed by atoms with Crippen molar-refractivity contribution >= 4 is 6.21 Å². The van der Waals surface area contributed by atoms with Crippen molar-refractivity contribution in [2.24, 2.45) is 10.9 Å². The van der Waals surface area contributed by atoms with Crippen molar-refractivity contribution in [3.63, 3.8) is 0 Å². The molecule has 0 bridgehead atoms. The van der Waals surface area contributed by atoms with Gasteiger partial charge in [0.1, 0.15) is 0 Å². The van der Waals surface area contributed by atoms with Gasteiger partial charge in [-0.3, -0.25) is 15.1 Å². The summed E-state index contributed by atoms with van der Waals surface area (Å²) in [4.78, 5) is 13.6. The number of allylic oxidation sites excluding steroid dienone is 1. The molecule has 4 nitrogen and oxygen atoms in total. The van der Waals surface area contributed by atoms with Crippen molar-refractivity contribution in [3.8, 4) is 0 Å². The summed E-state index contributed by atoms with van der Waals surface area (Å²) in [5.74, 6) is 0.00694. The molecule has 1 unspecified atom stereocenters. The smallest absolute Gasteiger partial charge is 0.262 e. The van der Waals surface area contributed by atoms with Crippen LogP contribution in [0.1, 0.15) is 13.3 Å². The molecular formula is C6H8N2O2. The van der Waals surface area contributed by atoms with Gasteiger partial charge in [0.2, 0.25) is 0 Å². The lowest BCUT2D eigenvalue weighted by atomic mass is 10.0. The van der Waals surface area contributed by atoms with Crippen molar-refractivity contribution in [2.45, 2.75) is 13.3 Å². The normalized spacial score (nSPS) is 24.1. The van der Waals surface area contributed by atoms with Crippen LogP contribution in [0.3, 0.4) is 0 Å². The Kier molecular flexibility index (Phi) is 1.80. The van der Waals surface area contributed by atoms with Gasteiger partial charge in [-0.15, -0.1) is 0 Å². The lowest BCUT2D eigenvalue weighted by molar-refractivity contribution is -0.433. The zero-order valence-electron chi connectivity index (χ0n) is 5.65. The molecule has 0 aromatic heterocycles. The second-order valence-electron chi connectivity index (χ2n) is 2.28. The molecule has 1 aliphatic rings. The lowest BCUT2D eigenvalue weighted by Crippen LogP contribution is -2.11. The van der Waals surface area contributed by atoms with Gasteiger partial charge in [-0.25, -0.2) is 0 Å². The van der Waals surface area contributed by atoms with E-state index in [9.17, 15) is 10.1 Å². The van der Waals surface area contributed by atoms with Crippen molar-refractivity contribution in [2.75, 3.05) is 0 Å². The predicted octanol–water partition coefficient (Wildman–Crippen LogP) is 1.22. The summed E-state index contributed by atoms with van der Waals surface area (Å²) in [6.07, 6.45) is 3.68. The van der Waals surface area contributed by atoms with E-state index in [0.717, 1.165) is 0 Å². The standard InChI is InChI=1S/C6H8N2O2/c1-5-2-3-7-4-6(5)8(9)10/h3-5H,2H2,1H3. The van der Waals surface area contributed by atoms with E-state index in [4.69, 9.17) is 0 Å². The minimum Gasteiger partial charge on any atom is -0.262 e. The second kappa shape index (κ2) is 2.60. The van der Waals surface area contributed by atoms with Crippen LogP contribution < -0.4 is 0 Å². The van der Waals surface area contributed by atoms with Gasteiger partial charge in [0.15, 0.2) is 0 Å². The van der Waals surface area contributed by atoms with Crippen LogP contribution >= 0.6 is 0 Å². The Morgan fingerprint density at radius 3 is 3.00 bits per heavy atom. The molecule has 54 valence electrons. The minimum atomic E-state index is -0.374. The lowest BCUT2D eigenvalue weighted by Gasteiger charge is -2.06. The topological polar surface area (TPSA) is 55.5 Å². The maximum Gasteiger partial charge on any atom is 0.267 e. The molecule has 1 heterocycles. The molecule has 0 fully saturated rings. The van der Waals surface area contributed by atoms with Crippen LogP contribution in [0, 0.1) is 16.0 Å². The highest BCUT2D eigenvalue weighted by atomic mass is 16.6. The quantitative estimate of drug-likeness (QED) is 0.406. The predicted molar refractivity (Wildman–Crippen MR) is 37.4 cm³/mol. The summed E-state index contributed by atoms with van der Waals surface area (Å²) >= 11 is 0. The molecule has 0 N–H and O–H groups in total. The Labute approximate surface area is 58.4 Å². The molecule has 0 aliphatic carbocycles. The largest absolute Gasteiger partial charge is 0.267 e. The van der Waals surface area contributed by atoms with Crippen LogP contribution in [0.4, 0.5) is 0 Å². The first kappa shape index (κ1) is 6.92. The third-order valence-electron chi connectivity index (χ3n) is 1.49. The molecule has 0 radical (unpaired) electrons. The Morgan fingerprint density at radius 1 is 1.90 bits per heavy atom. The molecular weight excluding hydrogens is 132 g/mol. The van der Waals surface area contributed by atoms with Gasteiger partial charge in [0.25, 0.3) is 5.70 Å². The highest BCUT2D eigenvalue weighted by Gasteiger charge is 2.20. The van der Waals surface area contributed by atoms with E-state index < -0.39 is 0 Å². The molecule has 1 atom stereocenters. The fourth-order valence-corrected chi connectivity index (χ4v) is 0.823. The minimum absolute atomic E-state index is 0.00694. The van der Waals surface area contributed by atoms with E-state index in [1.54, 1.807) is 6.21 Å². The zero-order chi connectivity index (χ0) is 7.56. The Bertz CT molecular complexity index is 208. The fraction of sp³-hybridized carbons (Fsp3) is 0.500. The van der Waals surface area contributed by atoms with Crippen LogP contribution in [0.5, 0.6) is 0 Å². The van der Waals surface area contributed by atoms with Gasteiger partial charge in [-0.05, 0) is 6.42 Å². The SMILES string of the molecule is CC1CC=NC=C1[N+](=O)[O-]. The maximum atomic E-state index is 10.2. The molecule has 10 heavy (non-hydrogen) atoms. The van der Waals surface area contributed by atoms with Gasteiger partial charge in [-0.2, -0.15) is 0 Å². The Morgan fingerprint density at radius 2 is 2.60 bits per heavy atom. The third kappa shape index (κ3) is 1.21. The van der Waals surface area contributed by atoms with Crippen LogP contribution in [0.15, 0.2) is 16.9 Å². The molecule has 4 heteroatoms. The van der Waals surface area contributed by atoms with E-state index in [-0.39, 0.29) is 16.5 Å². The second-order valence-corrected chi connectivity index (χ2v) is 2.28. The average molecular weight is 140 g/mol. The number of aliphatic imine (C=N–C) groups is 1. The number of nitrogens with zero attached hydrogens (tertiary/aromatic N) is 2. The summed E-state index contributed by atoms with van der Waals surface area (Å²) in [5, 5.41) is 10.2. The first-order chi connectivity index (χ1) is 4.72. The van der Waals surface area contributed by atoms with Gasteiger partial charge < -0.3 is 0 Å². The first-order valence-corrected chi connectivity index (χ1v) is 3.08. The average Bonchev–Trinajstić information content (AvgIpc) is 1.88. The van der Waals surface area contributed by atoms with Crippen molar-refractivity contribution in [1.29, 1.82) is 0 Å². The van der Waals surface area contributed by atoms with E-state index in [1.165, 1.54) is 6.20 Å². The van der Waals surface area contributed by atoms with Crippen LogP contribution in [0.25, 0.3) is 0 Å². The molecule has 0 aromatic rings. The molecule has 1 rings (SSSR count). The van der Waals surface area contributed by atoms with Gasteiger partial charge in [-0.1, -0.05) is 6.92 Å². The molecule has 0 spiro atoms. The highest BCUT2D eigenvalue weighted by Crippen LogP contribution is 2.16. The van der Waals surface area contributed by atoms with E-state index in [1.807, 2.05) is 6.92 Å². The first-order valence-electron chi connectivity index (χ1n) is 3.08. The van der Waals surface area contributed by atoms with Crippen LogP contribution in [-0.2, 0) is 0 Å². The summed E-state index contributed by atoms with van der Waals surface area (Å²) in [6.45, 7) is 1.82. The molecule has 0 saturated carbocycles. The number of hydrogen-bond acceptors (Lipinski definition) is 3. The fourth-order valence-electron chi connectivity index (χ4n) is 0.823. The summed E-state index contributed by atoms with van der Waals surface area (Å²) in [6, 6.07) is 0. The van der Waals surface area contributed by atoms with Crippen LogP contribution in [0.2, 0.25) is 0 Å². The molecule has 0 amide bonds. The summed E-state index contributed by atoms with van der Waals surface area (Å²) in [5.41, 5.74) is 0.211. The van der Waals surface area contributed by atoms with Gasteiger partial charge >= 0.3 is 0 Å². The van der Waals surface area contributed by atoms with Gasteiger partial charge in [0.05, 0.1) is 17.0 Å². The zero-order valence-corrected chi connectivity index (χ0v) is 5.65. The number of rotatable bonds is 1. The van der Waals surface area contributed by atoms with Gasteiger partial charge in [0, 0.05) is 6.21 Å². The monoisotopic (exact) mass is 140 g/mol. The maximum absolute atomic E-state index is 10.2. The Balaban J connectivity index is 2.80.